The highest BCUT2D eigenvalue weighted by molar-refractivity contribution is 4.87. The van der Waals surface area contributed by atoms with Crippen LogP contribution in [0.1, 0.15) is 59.3 Å². The summed E-state index contributed by atoms with van der Waals surface area (Å²) in [7, 11) is 0. The molecule has 0 spiro atoms. The third-order valence-electron chi connectivity index (χ3n) is 4.92. The van der Waals surface area contributed by atoms with E-state index < -0.39 is 0 Å². The Hall–Kier alpha value is -0.120. The van der Waals surface area contributed by atoms with Crippen LogP contribution in [0.5, 0.6) is 0 Å². The van der Waals surface area contributed by atoms with Crippen molar-refractivity contribution in [3.63, 3.8) is 0 Å². The Kier molecular flexibility index (Phi) is 6.79. The number of hydrogen-bond acceptors (Lipinski definition) is 3. The summed E-state index contributed by atoms with van der Waals surface area (Å²) in [6.45, 7) is 11.3. The Morgan fingerprint density at radius 2 is 1.95 bits per heavy atom. The van der Waals surface area contributed by atoms with Crippen molar-refractivity contribution in [3.05, 3.63) is 0 Å². The van der Waals surface area contributed by atoms with Crippen molar-refractivity contribution in [2.45, 2.75) is 77.5 Å². The summed E-state index contributed by atoms with van der Waals surface area (Å²) in [6, 6.07) is 1.35. The molecule has 0 radical (unpaired) electrons. The van der Waals surface area contributed by atoms with Crippen LogP contribution in [0.25, 0.3) is 0 Å². The minimum Gasteiger partial charge on any atom is -0.375 e. The number of hydrogen-bond donors (Lipinski definition) is 1. The summed E-state index contributed by atoms with van der Waals surface area (Å²) in [4.78, 5) is 2.68. The Bertz CT molecular complexity index is 268. The molecule has 2 aliphatic rings. The standard InChI is InChI=1S/C17H34N2O/c1-14(2)8-9-15(3)18-10-11-19-12-13-20-17-7-5-4-6-16(17)19/h14-18H,4-13H2,1-3H3. The molecule has 0 aromatic heterocycles. The van der Waals surface area contributed by atoms with Gasteiger partial charge in [0.25, 0.3) is 0 Å². The maximum absolute atomic E-state index is 5.94. The van der Waals surface area contributed by atoms with E-state index in [0.717, 1.165) is 25.6 Å². The molecule has 0 amide bonds. The molecule has 1 saturated carbocycles. The lowest BCUT2D eigenvalue weighted by Gasteiger charge is -2.44. The van der Waals surface area contributed by atoms with Crippen molar-refractivity contribution in [2.24, 2.45) is 5.92 Å². The minimum atomic E-state index is 0.524. The second-order valence-electron chi connectivity index (χ2n) is 7.12. The average Bonchev–Trinajstić information content (AvgIpc) is 2.45. The first kappa shape index (κ1) is 16.3. The predicted molar refractivity (Wildman–Crippen MR) is 85.1 cm³/mol. The largest absolute Gasteiger partial charge is 0.375 e. The fourth-order valence-corrected chi connectivity index (χ4v) is 3.59. The highest BCUT2D eigenvalue weighted by Crippen LogP contribution is 2.27. The molecule has 1 N–H and O–H groups in total. The molecule has 3 heteroatoms. The lowest BCUT2D eigenvalue weighted by atomic mass is 9.90. The molecule has 0 aromatic rings. The number of rotatable bonds is 7. The van der Waals surface area contributed by atoms with Crippen molar-refractivity contribution < 1.29 is 4.74 Å². The van der Waals surface area contributed by atoms with Gasteiger partial charge in [0.15, 0.2) is 0 Å². The van der Waals surface area contributed by atoms with Crippen molar-refractivity contribution in [1.82, 2.24) is 10.2 Å². The van der Waals surface area contributed by atoms with Gasteiger partial charge in [0, 0.05) is 31.7 Å². The van der Waals surface area contributed by atoms with E-state index in [9.17, 15) is 0 Å². The van der Waals surface area contributed by atoms with Gasteiger partial charge in [-0.25, -0.2) is 0 Å². The van der Waals surface area contributed by atoms with Gasteiger partial charge >= 0.3 is 0 Å². The van der Waals surface area contributed by atoms with Crippen molar-refractivity contribution in [3.8, 4) is 0 Å². The molecule has 3 unspecified atom stereocenters. The van der Waals surface area contributed by atoms with Gasteiger partial charge in [0.2, 0.25) is 0 Å². The molecule has 2 fully saturated rings. The molecule has 0 aromatic carbocycles. The average molecular weight is 282 g/mol. The molecule has 20 heavy (non-hydrogen) atoms. The van der Waals surface area contributed by atoms with Crippen molar-refractivity contribution in [1.29, 1.82) is 0 Å². The Labute approximate surface area is 125 Å². The Balaban J connectivity index is 1.65. The van der Waals surface area contributed by atoms with Gasteiger partial charge in [-0.1, -0.05) is 26.7 Å². The van der Waals surface area contributed by atoms with Gasteiger partial charge < -0.3 is 10.1 Å². The first-order chi connectivity index (χ1) is 9.66. The maximum atomic E-state index is 5.94. The van der Waals surface area contributed by atoms with Crippen LogP contribution in [0, 0.1) is 5.92 Å². The zero-order valence-electron chi connectivity index (χ0n) is 13.7. The normalized spacial score (nSPS) is 29.4. The first-order valence-corrected chi connectivity index (χ1v) is 8.76. The number of morpholine rings is 1. The lowest BCUT2D eigenvalue weighted by Crippen LogP contribution is -2.54. The highest BCUT2D eigenvalue weighted by atomic mass is 16.5. The fourth-order valence-electron chi connectivity index (χ4n) is 3.59. The molecule has 1 heterocycles. The van der Waals surface area contributed by atoms with E-state index >= 15 is 0 Å². The van der Waals surface area contributed by atoms with E-state index in [4.69, 9.17) is 4.74 Å². The summed E-state index contributed by atoms with van der Waals surface area (Å²) in [6.07, 6.45) is 8.52. The number of nitrogens with zero attached hydrogens (tertiary/aromatic N) is 1. The summed E-state index contributed by atoms with van der Waals surface area (Å²) in [5, 5.41) is 3.70. The molecular weight excluding hydrogens is 248 g/mol. The zero-order chi connectivity index (χ0) is 14.4. The molecule has 0 bridgehead atoms. The van der Waals surface area contributed by atoms with Crippen LogP contribution in [0.3, 0.4) is 0 Å². The molecule has 1 aliphatic carbocycles. The van der Waals surface area contributed by atoms with E-state index in [2.05, 4.69) is 31.0 Å². The zero-order valence-corrected chi connectivity index (χ0v) is 13.7. The van der Waals surface area contributed by atoms with Gasteiger partial charge in [-0.05, 0) is 38.5 Å². The quantitative estimate of drug-likeness (QED) is 0.777. The van der Waals surface area contributed by atoms with Gasteiger partial charge in [-0.2, -0.15) is 0 Å². The molecule has 1 saturated heterocycles. The number of fused-ring (bicyclic) bond motifs is 1. The molecule has 118 valence electrons. The molecular formula is C17H34N2O. The van der Waals surface area contributed by atoms with E-state index in [1.807, 2.05) is 0 Å². The molecule has 1 aliphatic heterocycles. The van der Waals surface area contributed by atoms with E-state index in [1.54, 1.807) is 0 Å². The van der Waals surface area contributed by atoms with E-state index in [-0.39, 0.29) is 0 Å². The number of ether oxygens (including phenoxy) is 1. The third kappa shape index (κ3) is 5.01. The van der Waals surface area contributed by atoms with Gasteiger partial charge in [0.05, 0.1) is 12.7 Å². The maximum Gasteiger partial charge on any atom is 0.0730 e. The van der Waals surface area contributed by atoms with Crippen LogP contribution in [-0.2, 0) is 4.74 Å². The van der Waals surface area contributed by atoms with Crippen LogP contribution in [0.4, 0.5) is 0 Å². The third-order valence-corrected chi connectivity index (χ3v) is 4.92. The summed E-state index contributed by atoms with van der Waals surface area (Å²) in [5.41, 5.74) is 0. The topological polar surface area (TPSA) is 24.5 Å². The first-order valence-electron chi connectivity index (χ1n) is 8.76. The SMILES string of the molecule is CC(C)CCC(C)NCCN1CCOC2CCCCC21. The Morgan fingerprint density at radius 3 is 2.75 bits per heavy atom. The van der Waals surface area contributed by atoms with Crippen LogP contribution < -0.4 is 5.32 Å². The van der Waals surface area contributed by atoms with E-state index in [1.165, 1.54) is 45.1 Å². The Morgan fingerprint density at radius 1 is 1.15 bits per heavy atom. The van der Waals surface area contributed by atoms with Crippen LogP contribution in [0.2, 0.25) is 0 Å². The van der Waals surface area contributed by atoms with Crippen LogP contribution in [-0.4, -0.2) is 49.3 Å². The second kappa shape index (κ2) is 8.35. The highest BCUT2D eigenvalue weighted by Gasteiger charge is 2.33. The van der Waals surface area contributed by atoms with Crippen molar-refractivity contribution >= 4 is 0 Å². The molecule has 2 rings (SSSR count). The summed E-state index contributed by atoms with van der Waals surface area (Å²) in [5.74, 6) is 0.821. The number of nitrogens with one attached hydrogen (secondary N) is 1. The lowest BCUT2D eigenvalue weighted by molar-refractivity contribution is -0.0874. The van der Waals surface area contributed by atoms with Crippen LogP contribution >= 0.6 is 0 Å². The van der Waals surface area contributed by atoms with Gasteiger partial charge in [-0.15, -0.1) is 0 Å². The van der Waals surface area contributed by atoms with E-state index in [0.29, 0.717) is 18.2 Å². The van der Waals surface area contributed by atoms with Gasteiger partial charge in [-0.3, -0.25) is 4.90 Å². The summed E-state index contributed by atoms with van der Waals surface area (Å²) >= 11 is 0. The van der Waals surface area contributed by atoms with Crippen molar-refractivity contribution in [2.75, 3.05) is 26.2 Å². The van der Waals surface area contributed by atoms with Crippen LogP contribution in [0.15, 0.2) is 0 Å². The summed E-state index contributed by atoms with van der Waals surface area (Å²) < 4.78 is 5.94. The smallest absolute Gasteiger partial charge is 0.0730 e. The second-order valence-corrected chi connectivity index (χ2v) is 7.12. The minimum absolute atomic E-state index is 0.524. The molecule has 3 nitrogen and oxygen atoms in total. The molecule has 3 atom stereocenters. The fraction of sp³-hybridized carbons (Fsp3) is 1.00. The van der Waals surface area contributed by atoms with Gasteiger partial charge in [0.1, 0.15) is 0 Å². The predicted octanol–water partition coefficient (Wildman–Crippen LogP) is 3.04. The monoisotopic (exact) mass is 282 g/mol.